The van der Waals surface area contributed by atoms with E-state index in [0.29, 0.717) is 5.57 Å². The van der Waals surface area contributed by atoms with Crippen molar-refractivity contribution in [1.82, 2.24) is 4.57 Å². The Balaban J connectivity index is 1.85. The van der Waals surface area contributed by atoms with E-state index in [0.717, 1.165) is 16.4 Å². The van der Waals surface area contributed by atoms with Crippen LogP contribution in [0.2, 0.25) is 0 Å². The standard InChI is InChI=1S/C26H15N3S/c1-3-22(28-2)17(16-27)12-13-29-23-10-6-4-8-18(23)20-14-21-19-9-5-7-11-25(19)30-26(21)15-24(20)29/h3-15H,1H2/b13-12+,22-17-. The number of allylic oxidation sites excluding steroid dienone is 3. The van der Waals surface area contributed by atoms with Gasteiger partial charge in [-0.3, -0.25) is 0 Å². The number of thiophene rings is 1. The molecule has 3 aromatic carbocycles. The molecule has 4 heteroatoms. The van der Waals surface area contributed by atoms with Crippen LogP contribution in [0.4, 0.5) is 0 Å². The Morgan fingerprint density at radius 3 is 2.50 bits per heavy atom. The Morgan fingerprint density at radius 2 is 1.73 bits per heavy atom. The highest BCUT2D eigenvalue weighted by atomic mass is 32.1. The summed E-state index contributed by atoms with van der Waals surface area (Å²) in [6.07, 6.45) is 4.98. The second-order valence-electron chi connectivity index (χ2n) is 6.89. The number of rotatable bonds is 3. The monoisotopic (exact) mass is 401 g/mol. The molecule has 0 unspecified atom stereocenters. The van der Waals surface area contributed by atoms with Crippen LogP contribution < -0.4 is 0 Å². The summed E-state index contributed by atoms with van der Waals surface area (Å²) < 4.78 is 4.59. The van der Waals surface area contributed by atoms with Gasteiger partial charge in [-0.25, -0.2) is 4.85 Å². The normalized spacial score (nSPS) is 12.5. The van der Waals surface area contributed by atoms with Gasteiger partial charge in [-0.2, -0.15) is 5.26 Å². The molecule has 0 aliphatic rings. The summed E-state index contributed by atoms with van der Waals surface area (Å²) in [4.78, 5) is 3.40. The molecular weight excluding hydrogens is 386 g/mol. The average Bonchev–Trinajstić information content (AvgIpc) is 3.30. The Bertz CT molecular complexity index is 1630. The van der Waals surface area contributed by atoms with Crippen molar-refractivity contribution >= 4 is 59.5 Å². The van der Waals surface area contributed by atoms with E-state index in [2.05, 4.69) is 70.6 Å². The van der Waals surface area contributed by atoms with E-state index >= 15 is 0 Å². The topological polar surface area (TPSA) is 33.1 Å². The highest BCUT2D eigenvalue weighted by Gasteiger charge is 2.13. The molecule has 0 N–H and O–H groups in total. The third-order valence-corrected chi connectivity index (χ3v) is 6.44. The number of hydrogen-bond acceptors (Lipinski definition) is 2. The van der Waals surface area contributed by atoms with Gasteiger partial charge in [0.05, 0.1) is 29.2 Å². The Kier molecular flexibility index (Phi) is 4.21. The van der Waals surface area contributed by atoms with Gasteiger partial charge in [-0.15, -0.1) is 17.9 Å². The molecule has 0 saturated heterocycles. The zero-order valence-electron chi connectivity index (χ0n) is 16.0. The molecule has 0 amide bonds. The first-order chi connectivity index (χ1) is 14.7. The van der Waals surface area contributed by atoms with E-state index in [1.54, 1.807) is 17.4 Å². The van der Waals surface area contributed by atoms with Gasteiger partial charge in [0.2, 0.25) is 5.70 Å². The minimum Gasteiger partial charge on any atom is -0.316 e. The van der Waals surface area contributed by atoms with Crippen LogP contribution in [0, 0.1) is 17.9 Å². The van der Waals surface area contributed by atoms with Crippen molar-refractivity contribution in [3.05, 3.63) is 102 Å². The molecule has 2 aromatic heterocycles. The molecule has 0 bridgehead atoms. The van der Waals surface area contributed by atoms with Crippen molar-refractivity contribution in [3.63, 3.8) is 0 Å². The SMILES string of the molecule is [C-]#[N+]/C(C=C)=C(C#N)/C=C/n1c2ccccc2c2cc3c(cc21)sc1ccccc13. The molecule has 0 aliphatic carbocycles. The fourth-order valence-corrected chi connectivity index (χ4v) is 5.04. The van der Waals surface area contributed by atoms with Gasteiger partial charge in [0.1, 0.15) is 0 Å². The highest BCUT2D eigenvalue weighted by molar-refractivity contribution is 7.25. The van der Waals surface area contributed by atoms with Crippen LogP contribution in [-0.2, 0) is 0 Å². The summed E-state index contributed by atoms with van der Waals surface area (Å²) >= 11 is 1.78. The number of para-hydroxylation sites is 1. The Hall–Kier alpha value is -4.12. The van der Waals surface area contributed by atoms with Crippen LogP contribution >= 0.6 is 11.3 Å². The summed E-state index contributed by atoms with van der Waals surface area (Å²) in [5.41, 5.74) is 2.69. The van der Waals surface area contributed by atoms with Crippen LogP contribution in [0.3, 0.4) is 0 Å². The number of nitrogens with zero attached hydrogens (tertiary/aromatic N) is 3. The van der Waals surface area contributed by atoms with Crippen molar-refractivity contribution in [1.29, 1.82) is 5.26 Å². The second-order valence-corrected chi connectivity index (χ2v) is 7.98. The number of benzene rings is 3. The average molecular weight is 401 g/mol. The number of aromatic nitrogens is 1. The molecule has 5 rings (SSSR count). The first-order valence-electron chi connectivity index (χ1n) is 9.41. The predicted octanol–water partition coefficient (Wildman–Crippen LogP) is 7.52. The van der Waals surface area contributed by atoms with Crippen LogP contribution in [-0.4, -0.2) is 4.57 Å². The quantitative estimate of drug-likeness (QED) is 0.175. The lowest BCUT2D eigenvalue weighted by atomic mass is 10.1. The Labute approximate surface area is 177 Å². The zero-order chi connectivity index (χ0) is 20.7. The van der Waals surface area contributed by atoms with Crippen LogP contribution in [0.15, 0.2) is 90.7 Å². The van der Waals surface area contributed by atoms with Crippen molar-refractivity contribution in [3.8, 4) is 6.07 Å². The third kappa shape index (κ3) is 2.63. The molecule has 0 aliphatic heterocycles. The molecule has 0 atom stereocenters. The number of hydrogen-bond donors (Lipinski definition) is 0. The summed E-state index contributed by atoms with van der Waals surface area (Å²) in [7, 11) is 0. The molecule has 0 fully saturated rings. The van der Waals surface area contributed by atoms with Gasteiger partial charge < -0.3 is 4.57 Å². The molecule has 5 aromatic rings. The van der Waals surface area contributed by atoms with Gasteiger partial charge in [0, 0.05) is 37.1 Å². The number of nitriles is 1. The number of fused-ring (bicyclic) bond motifs is 6. The van der Waals surface area contributed by atoms with Crippen LogP contribution in [0.1, 0.15) is 0 Å². The van der Waals surface area contributed by atoms with E-state index in [9.17, 15) is 5.26 Å². The van der Waals surface area contributed by atoms with E-state index in [1.165, 1.54) is 31.6 Å². The second kappa shape index (κ2) is 7.04. The molecular formula is C26H15N3S. The molecule has 2 heterocycles. The molecule has 0 spiro atoms. The predicted molar refractivity (Wildman–Crippen MR) is 127 cm³/mol. The molecule has 0 radical (unpaired) electrons. The lowest BCUT2D eigenvalue weighted by Gasteiger charge is -2.01. The molecule has 0 saturated carbocycles. The van der Waals surface area contributed by atoms with Gasteiger partial charge >= 0.3 is 0 Å². The maximum absolute atomic E-state index is 9.48. The van der Waals surface area contributed by atoms with E-state index in [-0.39, 0.29) is 5.70 Å². The summed E-state index contributed by atoms with van der Waals surface area (Å²) in [5.74, 6) is 0. The third-order valence-electron chi connectivity index (χ3n) is 5.31. The van der Waals surface area contributed by atoms with E-state index < -0.39 is 0 Å². The van der Waals surface area contributed by atoms with Crippen molar-refractivity contribution in [2.75, 3.05) is 0 Å². The molecule has 140 valence electrons. The minimum atomic E-state index is 0.251. The van der Waals surface area contributed by atoms with Crippen molar-refractivity contribution in [2.24, 2.45) is 0 Å². The maximum Gasteiger partial charge on any atom is 0.204 e. The highest BCUT2D eigenvalue weighted by Crippen LogP contribution is 2.39. The maximum atomic E-state index is 9.48. The lowest BCUT2D eigenvalue weighted by Crippen LogP contribution is -1.87. The first-order valence-corrected chi connectivity index (χ1v) is 10.2. The van der Waals surface area contributed by atoms with Gasteiger partial charge in [0.15, 0.2) is 0 Å². The summed E-state index contributed by atoms with van der Waals surface area (Å²) in [6.45, 7) is 10.9. The summed E-state index contributed by atoms with van der Waals surface area (Å²) in [5, 5.41) is 14.3. The largest absolute Gasteiger partial charge is 0.316 e. The minimum absolute atomic E-state index is 0.251. The van der Waals surface area contributed by atoms with E-state index in [4.69, 9.17) is 6.57 Å². The van der Waals surface area contributed by atoms with Gasteiger partial charge in [-0.1, -0.05) is 42.5 Å². The zero-order valence-corrected chi connectivity index (χ0v) is 16.8. The first kappa shape index (κ1) is 17.9. The van der Waals surface area contributed by atoms with E-state index in [1.807, 2.05) is 18.3 Å². The Morgan fingerprint density at radius 1 is 0.967 bits per heavy atom. The fraction of sp³-hybridized carbons (Fsp3) is 0. The molecule has 3 nitrogen and oxygen atoms in total. The fourth-order valence-electron chi connectivity index (χ4n) is 3.92. The molecule has 30 heavy (non-hydrogen) atoms. The van der Waals surface area contributed by atoms with Crippen molar-refractivity contribution < 1.29 is 0 Å². The lowest BCUT2D eigenvalue weighted by molar-refractivity contribution is 1.29. The van der Waals surface area contributed by atoms with Crippen LogP contribution in [0.25, 0.3) is 53.0 Å². The van der Waals surface area contributed by atoms with Gasteiger partial charge in [0.25, 0.3) is 0 Å². The van der Waals surface area contributed by atoms with Crippen LogP contribution in [0.5, 0.6) is 0 Å². The van der Waals surface area contributed by atoms with Crippen molar-refractivity contribution in [2.45, 2.75) is 0 Å². The smallest absolute Gasteiger partial charge is 0.204 e. The summed E-state index contributed by atoms with van der Waals surface area (Å²) in [6, 6.07) is 23.3. The van der Waals surface area contributed by atoms with Gasteiger partial charge in [-0.05, 0) is 30.3 Å².